The van der Waals surface area contributed by atoms with E-state index in [0.29, 0.717) is 24.8 Å². The summed E-state index contributed by atoms with van der Waals surface area (Å²) in [5, 5.41) is 6.76. The standard InChI is InChI=1S/C28H29BrClN3O3/c29-26-17-24(30)5-4-21(26)2-3-22-16-25(35-15-10-20-8-12-31-13-9-20)6-7-27(22)36-14-1-11-33-28(34)23-18-32-19-23/h2-9,12-13,16-17,23,32H,1,10-11,14-15,18-19H2,(H,33,34)/b3-2+. The number of ether oxygens (including phenoxy) is 2. The Bertz CT molecular complexity index is 1190. The minimum absolute atomic E-state index is 0.0981. The molecule has 3 aromatic rings. The van der Waals surface area contributed by atoms with Crippen LogP contribution in [0.3, 0.4) is 0 Å². The van der Waals surface area contributed by atoms with Gasteiger partial charge < -0.3 is 20.1 Å². The van der Waals surface area contributed by atoms with Gasteiger partial charge in [-0.1, -0.05) is 45.7 Å². The van der Waals surface area contributed by atoms with Gasteiger partial charge in [-0.15, -0.1) is 0 Å². The molecule has 2 N–H and O–H groups in total. The van der Waals surface area contributed by atoms with Gasteiger partial charge in [0.1, 0.15) is 11.5 Å². The second-order valence-corrected chi connectivity index (χ2v) is 9.79. The molecule has 188 valence electrons. The molecule has 1 amide bonds. The van der Waals surface area contributed by atoms with Crippen molar-refractivity contribution in [2.24, 2.45) is 5.92 Å². The highest BCUT2D eigenvalue weighted by Gasteiger charge is 2.24. The van der Waals surface area contributed by atoms with Gasteiger partial charge in [-0.3, -0.25) is 9.78 Å². The van der Waals surface area contributed by atoms with Crippen molar-refractivity contribution >= 4 is 45.6 Å². The summed E-state index contributed by atoms with van der Waals surface area (Å²) >= 11 is 9.65. The van der Waals surface area contributed by atoms with Crippen molar-refractivity contribution in [2.75, 3.05) is 32.8 Å². The minimum Gasteiger partial charge on any atom is -0.493 e. The number of carbonyl (C=O) groups is 1. The van der Waals surface area contributed by atoms with Crippen LogP contribution >= 0.6 is 27.5 Å². The van der Waals surface area contributed by atoms with Crippen LogP contribution in [0.5, 0.6) is 11.5 Å². The quantitative estimate of drug-likeness (QED) is 0.226. The number of nitrogens with one attached hydrogen (secondary N) is 2. The number of amides is 1. The Morgan fingerprint density at radius 3 is 2.61 bits per heavy atom. The van der Waals surface area contributed by atoms with Gasteiger partial charge >= 0.3 is 0 Å². The van der Waals surface area contributed by atoms with Crippen LogP contribution in [-0.4, -0.2) is 43.7 Å². The van der Waals surface area contributed by atoms with Gasteiger partial charge in [-0.05, 0) is 60.0 Å². The maximum Gasteiger partial charge on any atom is 0.225 e. The Kier molecular flexibility index (Phi) is 9.78. The smallest absolute Gasteiger partial charge is 0.225 e. The van der Waals surface area contributed by atoms with Crippen molar-refractivity contribution in [3.8, 4) is 11.5 Å². The molecule has 2 aromatic carbocycles. The van der Waals surface area contributed by atoms with E-state index in [1.54, 1.807) is 12.4 Å². The van der Waals surface area contributed by atoms with Crippen LogP contribution in [0, 0.1) is 5.92 Å². The van der Waals surface area contributed by atoms with E-state index < -0.39 is 0 Å². The van der Waals surface area contributed by atoms with E-state index in [4.69, 9.17) is 21.1 Å². The summed E-state index contributed by atoms with van der Waals surface area (Å²) in [6.45, 7) is 3.18. The third-order valence-corrected chi connectivity index (χ3v) is 6.75. The lowest BCUT2D eigenvalue weighted by Gasteiger charge is -2.25. The lowest BCUT2D eigenvalue weighted by molar-refractivity contribution is -0.126. The number of rotatable bonds is 12. The van der Waals surface area contributed by atoms with Gasteiger partial charge in [0.2, 0.25) is 5.91 Å². The van der Waals surface area contributed by atoms with Crippen molar-refractivity contribution in [1.82, 2.24) is 15.6 Å². The van der Waals surface area contributed by atoms with Crippen LogP contribution in [0.1, 0.15) is 23.1 Å². The van der Waals surface area contributed by atoms with Crippen LogP contribution < -0.4 is 20.1 Å². The monoisotopic (exact) mass is 569 g/mol. The van der Waals surface area contributed by atoms with Crippen LogP contribution in [0.15, 0.2) is 65.4 Å². The molecule has 0 radical (unpaired) electrons. The van der Waals surface area contributed by atoms with E-state index in [9.17, 15) is 4.79 Å². The molecule has 0 saturated carbocycles. The summed E-state index contributed by atoms with van der Waals surface area (Å²) in [7, 11) is 0. The summed E-state index contributed by atoms with van der Waals surface area (Å²) in [5.41, 5.74) is 3.09. The summed E-state index contributed by atoms with van der Waals surface area (Å²) in [6.07, 6.45) is 9.11. The van der Waals surface area contributed by atoms with Crippen LogP contribution in [0.2, 0.25) is 5.02 Å². The van der Waals surface area contributed by atoms with Gasteiger partial charge in [0, 0.05) is 53.5 Å². The van der Waals surface area contributed by atoms with E-state index in [-0.39, 0.29) is 11.8 Å². The molecular formula is C28H29BrClN3O3. The Labute approximate surface area is 225 Å². The van der Waals surface area contributed by atoms with Crippen LogP contribution in [-0.2, 0) is 11.2 Å². The summed E-state index contributed by atoms with van der Waals surface area (Å²) in [6, 6.07) is 15.5. The molecule has 6 nitrogen and oxygen atoms in total. The van der Waals surface area contributed by atoms with Gasteiger partial charge in [-0.2, -0.15) is 0 Å². The second-order valence-electron chi connectivity index (χ2n) is 8.50. The van der Waals surface area contributed by atoms with E-state index in [0.717, 1.165) is 53.0 Å². The molecule has 1 aromatic heterocycles. The van der Waals surface area contributed by atoms with Gasteiger partial charge in [0.15, 0.2) is 0 Å². The van der Waals surface area contributed by atoms with Crippen molar-refractivity contribution < 1.29 is 14.3 Å². The highest BCUT2D eigenvalue weighted by Crippen LogP contribution is 2.29. The summed E-state index contributed by atoms with van der Waals surface area (Å²) in [4.78, 5) is 16.0. The molecule has 0 spiro atoms. The number of benzene rings is 2. The first kappa shape index (κ1) is 26.2. The zero-order valence-electron chi connectivity index (χ0n) is 19.9. The lowest BCUT2D eigenvalue weighted by atomic mass is 10.0. The first-order valence-electron chi connectivity index (χ1n) is 12.0. The number of nitrogens with zero attached hydrogens (tertiary/aromatic N) is 1. The molecule has 36 heavy (non-hydrogen) atoms. The van der Waals surface area contributed by atoms with Gasteiger partial charge in [-0.25, -0.2) is 0 Å². The van der Waals surface area contributed by atoms with Crippen molar-refractivity contribution in [2.45, 2.75) is 12.8 Å². The molecule has 1 aliphatic rings. The molecule has 1 saturated heterocycles. The highest BCUT2D eigenvalue weighted by atomic mass is 79.9. The fraction of sp³-hybridized carbons (Fsp3) is 0.286. The SMILES string of the molecule is O=C(NCCCOc1ccc(OCCc2ccncc2)cc1/C=C/c1ccc(Cl)cc1Br)C1CNC1. The second kappa shape index (κ2) is 13.4. The number of halogens is 2. The largest absolute Gasteiger partial charge is 0.493 e. The van der Waals surface area contributed by atoms with E-state index in [1.165, 1.54) is 5.56 Å². The lowest BCUT2D eigenvalue weighted by Crippen LogP contribution is -2.50. The van der Waals surface area contributed by atoms with Crippen molar-refractivity contribution in [3.05, 3.63) is 87.1 Å². The van der Waals surface area contributed by atoms with Crippen LogP contribution in [0.4, 0.5) is 0 Å². The zero-order chi connectivity index (χ0) is 25.2. The van der Waals surface area contributed by atoms with Crippen molar-refractivity contribution in [1.29, 1.82) is 0 Å². The molecule has 0 unspecified atom stereocenters. The first-order valence-corrected chi connectivity index (χ1v) is 13.2. The Morgan fingerprint density at radius 1 is 1.06 bits per heavy atom. The normalized spacial score (nSPS) is 13.4. The Morgan fingerprint density at radius 2 is 1.86 bits per heavy atom. The first-order chi connectivity index (χ1) is 17.6. The molecule has 1 aliphatic heterocycles. The van der Waals surface area contributed by atoms with E-state index in [1.807, 2.05) is 60.7 Å². The fourth-order valence-corrected chi connectivity index (χ4v) is 4.43. The topological polar surface area (TPSA) is 72.5 Å². The molecule has 0 aliphatic carbocycles. The summed E-state index contributed by atoms with van der Waals surface area (Å²) < 4.78 is 13.0. The molecule has 8 heteroatoms. The van der Waals surface area contributed by atoms with E-state index >= 15 is 0 Å². The van der Waals surface area contributed by atoms with Gasteiger partial charge in [0.05, 0.1) is 19.1 Å². The maximum atomic E-state index is 12.0. The highest BCUT2D eigenvalue weighted by molar-refractivity contribution is 9.10. The summed E-state index contributed by atoms with van der Waals surface area (Å²) in [5.74, 6) is 1.74. The molecule has 0 atom stereocenters. The number of hydrogen-bond donors (Lipinski definition) is 2. The Balaban J connectivity index is 1.38. The Hall–Kier alpha value is -2.87. The van der Waals surface area contributed by atoms with Gasteiger partial charge in [0.25, 0.3) is 0 Å². The van der Waals surface area contributed by atoms with E-state index in [2.05, 4.69) is 31.5 Å². The predicted molar refractivity (Wildman–Crippen MR) is 147 cm³/mol. The number of hydrogen-bond acceptors (Lipinski definition) is 5. The maximum absolute atomic E-state index is 12.0. The third-order valence-electron chi connectivity index (χ3n) is 5.83. The predicted octanol–water partition coefficient (Wildman–Crippen LogP) is 5.39. The van der Waals surface area contributed by atoms with Crippen molar-refractivity contribution in [3.63, 3.8) is 0 Å². The molecule has 4 rings (SSSR count). The fourth-order valence-electron chi connectivity index (χ4n) is 3.61. The molecule has 1 fully saturated rings. The average molecular weight is 571 g/mol. The molecule has 2 heterocycles. The molecule has 0 bridgehead atoms. The zero-order valence-corrected chi connectivity index (χ0v) is 22.2. The minimum atomic E-state index is 0.0981. The average Bonchev–Trinajstić information content (AvgIpc) is 2.84. The third kappa shape index (κ3) is 7.82. The number of pyridine rings is 1. The molecular weight excluding hydrogens is 542 g/mol. The van der Waals surface area contributed by atoms with Crippen LogP contribution in [0.25, 0.3) is 12.2 Å². The number of aromatic nitrogens is 1. The number of carbonyl (C=O) groups excluding carboxylic acids is 1.